The number of thiazole rings is 1. The number of furan rings is 1. The molecule has 0 aliphatic carbocycles. The van der Waals surface area contributed by atoms with Crippen molar-refractivity contribution < 1.29 is 17.6 Å². The molecule has 3 heterocycles. The van der Waals surface area contributed by atoms with Gasteiger partial charge in [-0.3, -0.25) is 9.69 Å². The fourth-order valence-electron chi connectivity index (χ4n) is 3.99. The Kier molecular flexibility index (Phi) is 6.20. The number of anilines is 1. The van der Waals surface area contributed by atoms with Crippen LogP contribution in [0, 0.1) is 6.92 Å². The van der Waals surface area contributed by atoms with Gasteiger partial charge in [-0.1, -0.05) is 22.9 Å². The molecule has 0 N–H and O–H groups in total. The molecular formula is C24H22ClN3O4S2. The molecule has 1 saturated heterocycles. The predicted octanol–water partition coefficient (Wildman–Crippen LogP) is 5.48. The monoisotopic (exact) mass is 515 g/mol. The van der Waals surface area contributed by atoms with Crippen molar-refractivity contribution in [2.75, 3.05) is 18.0 Å². The van der Waals surface area contributed by atoms with Gasteiger partial charge in [-0.15, -0.1) is 0 Å². The molecule has 2 aromatic heterocycles. The number of benzene rings is 2. The van der Waals surface area contributed by atoms with E-state index in [1.54, 1.807) is 35.4 Å². The highest BCUT2D eigenvalue weighted by Gasteiger charge is 2.28. The molecule has 5 rings (SSSR count). The maximum absolute atomic E-state index is 13.6. The lowest BCUT2D eigenvalue weighted by atomic mass is 10.2. The van der Waals surface area contributed by atoms with E-state index in [4.69, 9.17) is 21.0 Å². The van der Waals surface area contributed by atoms with Crippen LogP contribution >= 0.6 is 22.9 Å². The molecule has 34 heavy (non-hydrogen) atoms. The zero-order valence-corrected chi connectivity index (χ0v) is 20.8. The Hall–Kier alpha value is -2.72. The Morgan fingerprint density at radius 1 is 1.15 bits per heavy atom. The molecule has 2 aromatic carbocycles. The smallest absolute Gasteiger partial charge is 0.260 e. The zero-order valence-electron chi connectivity index (χ0n) is 18.4. The lowest BCUT2D eigenvalue weighted by molar-refractivity contribution is 0.0983. The van der Waals surface area contributed by atoms with Gasteiger partial charge >= 0.3 is 0 Å². The van der Waals surface area contributed by atoms with Crippen LogP contribution < -0.4 is 4.90 Å². The minimum atomic E-state index is -3.55. The molecule has 10 heteroatoms. The third-order valence-corrected chi connectivity index (χ3v) is 9.28. The molecule has 1 amide bonds. The third kappa shape index (κ3) is 4.24. The second kappa shape index (κ2) is 9.14. The molecule has 0 saturated carbocycles. The highest BCUT2D eigenvalue weighted by molar-refractivity contribution is 7.89. The van der Waals surface area contributed by atoms with E-state index in [0.717, 1.165) is 28.6 Å². The van der Waals surface area contributed by atoms with Crippen molar-refractivity contribution in [3.63, 3.8) is 0 Å². The number of carbonyl (C=O) groups is 1. The van der Waals surface area contributed by atoms with E-state index < -0.39 is 10.0 Å². The van der Waals surface area contributed by atoms with Crippen molar-refractivity contribution in [1.82, 2.24) is 9.29 Å². The van der Waals surface area contributed by atoms with E-state index in [1.165, 1.54) is 27.8 Å². The largest absolute Gasteiger partial charge is 0.467 e. The molecule has 0 atom stereocenters. The maximum Gasteiger partial charge on any atom is 0.260 e. The highest BCUT2D eigenvalue weighted by atomic mass is 35.5. The molecule has 4 aromatic rings. The summed E-state index contributed by atoms with van der Waals surface area (Å²) in [5, 5.41) is 1.12. The summed E-state index contributed by atoms with van der Waals surface area (Å²) in [4.78, 5) is 20.0. The maximum atomic E-state index is 13.6. The average Bonchev–Trinajstić information content (AvgIpc) is 3.61. The highest BCUT2D eigenvalue weighted by Crippen LogP contribution is 2.35. The fourth-order valence-corrected chi connectivity index (χ4v) is 6.68. The summed E-state index contributed by atoms with van der Waals surface area (Å²) in [5.74, 6) is 0.305. The fraction of sp³-hybridized carbons (Fsp3) is 0.250. The Morgan fingerprint density at radius 3 is 2.56 bits per heavy atom. The van der Waals surface area contributed by atoms with Crippen LogP contribution in [-0.4, -0.2) is 36.7 Å². The minimum absolute atomic E-state index is 0.187. The number of fused-ring (bicyclic) bond motifs is 1. The van der Waals surface area contributed by atoms with Crippen molar-refractivity contribution >= 4 is 54.2 Å². The van der Waals surface area contributed by atoms with Gasteiger partial charge in [-0.2, -0.15) is 4.31 Å². The van der Waals surface area contributed by atoms with Crippen LogP contribution in [-0.2, 0) is 16.6 Å². The molecule has 0 unspecified atom stereocenters. The van der Waals surface area contributed by atoms with Crippen LogP contribution in [0.3, 0.4) is 0 Å². The second-order valence-corrected chi connectivity index (χ2v) is 11.5. The predicted molar refractivity (Wildman–Crippen MR) is 133 cm³/mol. The summed E-state index contributed by atoms with van der Waals surface area (Å²) < 4.78 is 33.6. The molecule has 176 valence electrons. The number of aryl methyl sites for hydroxylation is 1. The van der Waals surface area contributed by atoms with Gasteiger partial charge in [-0.25, -0.2) is 13.4 Å². The molecule has 0 radical (unpaired) electrons. The van der Waals surface area contributed by atoms with E-state index in [2.05, 4.69) is 0 Å². The van der Waals surface area contributed by atoms with Crippen LogP contribution in [0.25, 0.3) is 10.2 Å². The van der Waals surface area contributed by atoms with Crippen LogP contribution in [0.15, 0.2) is 64.1 Å². The summed E-state index contributed by atoms with van der Waals surface area (Å²) in [5.41, 5.74) is 1.96. The second-order valence-electron chi connectivity index (χ2n) is 8.12. The number of rotatable bonds is 6. The van der Waals surface area contributed by atoms with Crippen LogP contribution in [0.1, 0.15) is 34.5 Å². The molecule has 1 fully saturated rings. The number of halogens is 1. The zero-order chi connectivity index (χ0) is 23.9. The van der Waals surface area contributed by atoms with E-state index in [0.29, 0.717) is 34.6 Å². The Bertz CT molecular complexity index is 1440. The van der Waals surface area contributed by atoms with E-state index in [-0.39, 0.29) is 17.3 Å². The van der Waals surface area contributed by atoms with E-state index in [1.807, 2.05) is 19.1 Å². The first kappa shape index (κ1) is 23.0. The van der Waals surface area contributed by atoms with Gasteiger partial charge in [0.25, 0.3) is 5.91 Å². The number of carbonyl (C=O) groups excluding carboxylic acids is 1. The normalized spacial score (nSPS) is 14.6. The average molecular weight is 516 g/mol. The lowest BCUT2D eigenvalue weighted by Gasteiger charge is -2.19. The summed E-state index contributed by atoms with van der Waals surface area (Å²) in [6.45, 7) is 3.14. The quantitative estimate of drug-likeness (QED) is 0.339. The third-order valence-electron chi connectivity index (χ3n) is 5.91. The first-order chi connectivity index (χ1) is 16.3. The number of hydrogen-bond acceptors (Lipinski definition) is 6. The van der Waals surface area contributed by atoms with E-state index in [9.17, 15) is 13.2 Å². The standard InChI is InChI=1S/C24H22ClN3O4S2/c1-16-20(25)10-11-21-22(16)26-24(33-21)28(15-18-5-4-14-32-18)23(29)17-6-8-19(9-7-17)34(30,31)27-12-2-3-13-27/h4-11,14H,2-3,12-13,15H2,1H3. The molecule has 1 aliphatic rings. The first-order valence-corrected chi connectivity index (χ1v) is 13.5. The molecule has 7 nitrogen and oxygen atoms in total. The van der Waals surface area contributed by atoms with Crippen molar-refractivity contribution in [2.45, 2.75) is 31.2 Å². The molecule has 0 spiro atoms. The Labute approximate surface area is 206 Å². The summed E-state index contributed by atoms with van der Waals surface area (Å²) in [6, 6.07) is 13.4. The van der Waals surface area contributed by atoms with Crippen molar-refractivity contribution in [1.29, 1.82) is 0 Å². The molecular weight excluding hydrogens is 494 g/mol. The number of aromatic nitrogens is 1. The van der Waals surface area contributed by atoms with Crippen LogP contribution in [0.4, 0.5) is 5.13 Å². The number of nitrogens with zero attached hydrogens (tertiary/aromatic N) is 3. The number of sulfonamides is 1. The summed E-state index contributed by atoms with van der Waals surface area (Å²) in [7, 11) is -3.55. The number of hydrogen-bond donors (Lipinski definition) is 0. The molecule has 0 bridgehead atoms. The van der Waals surface area contributed by atoms with Gasteiger partial charge < -0.3 is 4.42 Å². The minimum Gasteiger partial charge on any atom is -0.467 e. The van der Waals surface area contributed by atoms with Gasteiger partial charge in [0, 0.05) is 23.7 Å². The van der Waals surface area contributed by atoms with Crippen molar-refractivity contribution in [3.8, 4) is 0 Å². The van der Waals surface area contributed by atoms with Crippen LogP contribution in [0.5, 0.6) is 0 Å². The van der Waals surface area contributed by atoms with Crippen molar-refractivity contribution in [2.24, 2.45) is 0 Å². The van der Waals surface area contributed by atoms with Crippen LogP contribution in [0.2, 0.25) is 5.02 Å². The van der Waals surface area contributed by atoms with Crippen molar-refractivity contribution in [3.05, 3.63) is 76.7 Å². The van der Waals surface area contributed by atoms with Gasteiger partial charge in [0.2, 0.25) is 10.0 Å². The van der Waals surface area contributed by atoms with Gasteiger partial charge in [0.1, 0.15) is 5.76 Å². The SMILES string of the molecule is Cc1c(Cl)ccc2sc(N(Cc3ccco3)C(=O)c3ccc(S(=O)(=O)N4CCCC4)cc3)nc12. The van der Waals surface area contributed by atoms with Gasteiger partial charge in [0.05, 0.1) is 27.9 Å². The van der Waals surface area contributed by atoms with E-state index >= 15 is 0 Å². The van der Waals surface area contributed by atoms with Gasteiger partial charge in [0.15, 0.2) is 5.13 Å². The number of amides is 1. The topological polar surface area (TPSA) is 83.7 Å². The summed E-state index contributed by atoms with van der Waals surface area (Å²) >= 11 is 7.65. The molecule has 1 aliphatic heterocycles. The first-order valence-electron chi connectivity index (χ1n) is 10.8. The van der Waals surface area contributed by atoms with Gasteiger partial charge in [-0.05, 0) is 73.9 Å². The summed E-state index contributed by atoms with van der Waals surface area (Å²) in [6.07, 6.45) is 3.28. The Morgan fingerprint density at radius 2 is 1.88 bits per heavy atom. The lowest BCUT2D eigenvalue weighted by Crippen LogP contribution is -2.30. The Balaban J connectivity index is 1.49.